The summed E-state index contributed by atoms with van der Waals surface area (Å²) in [4.78, 5) is 7.04. The van der Waals surface area contributed by atoms with E-state index in [9.17, 15) is 4.39 Å². The number of nitrogens with zero attached hydrogens (tertiary/aromatic N) is 4. The van der Waals surface area contributed by atoms with E-state index in [2.05, 4.69) is 28.4 Å². The van der Waals surface area contributed by atoms with E-state index in [0.29, 0.717) is 24.8 Å². The Morgan fingerprint density at radius 1 is 1.36 bits per heavy atom. The van der Waals surface area contributed by atoms with Crippen LogP contribution in [0.3, 0.4) is 0 Å². The molecular formula is C21H30FN5O. The van der Waals surface area contributed by atoms with Crippen LogP contribution in [-0.2, 0) is 20.0 Å². The molecule has 1 atom stereocenters. The second kappa shape index (κ2) is 9.57. The van der Waals surface area contributed by atoms with Crippen molar-refractivity contribution < 1.29 is 9.13 Å². The minimum absolute atomic E-state index is 0.292. The first-order valence-electron chi connectivity index (χ1n) is 10.0. The number of guanidine groups is 1. The molecule has 6 nitrogen and oxygen atoms in total. The van der Waals surface area contributed by atoms with Crippen molar-refractivity contribution in [2.45, 2.75) is 33.2 Å². The average molecular weight is 388 g/mol. The number of nitrogens with one attached hydrogen (secondary N) is 1. The van der Waals surface area contributed by atoms with Crippen molar-refractivity contribution in [1.82, 2.24) is 20.0 Å². The van der Waals surface area contributed by atoms with Gasteiger partial charge in [-0.05, 0) is 55.9 Å². The Hall–Kier alpha value is -2.57. The van der Waals surface area contributed by atoms with E-state index in [0.717, 1.165) is 44.0 Å². The van der Waals surface area contributed by atoms with Crippen molar-refractivity contribution >= 4 is 5.96 Å². The molecular weight excluding hydrogens is 357 g/mol. The maximum absolute atomic E-state index is 14.1. The molecule has 0 spiro atoms. The average Bonchev–Trinajstić information content (AvgIpc) is 3.30. The van der Waals surface area contributed by atoms with Crippen LogP contribution in [0.4, 0.5) is 4.39 Å². The van der Waals surface area contributed by atoms with Gasteiger partial charge in [-0.3, -0.25) is 4.68 Å². The monoisotopic (exact) mass is 387 g/mol. The van der Waals surface area contributed by atoms with Crippen LogP contribution in [-0.4, -0.2) is 46.9 Å². The third kappa shape index (κ3) is 5.24. The van der Waals surface area contributed by atoms with Crippen LogP contribution < -0.4 is 10.1 Å². The van der Waals surface area contributed by atoms with Gasteiger partial charge in [0.2, 0.25) is 0 Å². The third-order valence-corrected chi connectivity index (χ3v) is 4.91. The fraction of sp³-hybridized carbons (Fsp3) is 0.524. The number of hydrogen-bond donors (Lipinski definition) is 1. The molecule has 2 heterocycles. The number of hydrogen-bond acceptors (Lipinski definition) is 3. The molecule has 0 radical (unpaired) electrons. The van der Waals surface area contributed by atoms with Gasteiger partial charge in [0.05, 0.1) is 19.3 Å². The van der Waals surface area contributed by atoms with Crippen LogP contribution in [0, 0.1) is 11.7 Å². The Morgan fingerprint density at radius 2 is 2.21 bits per heavy atom. The summed E-state index contributed by atoms with van der Waals surface area (Å²) in [6.07, 6.45) is 6.20. The molecule has 1 aromatic heterocycles. The zero-order chi connectivity index (χ0) is 19.9. The lowest BCUT2D eigenvalue weighted by Crippen LogP contribution is -2.40. The van der Waals surface area contributed by atoms with Crippen molar-refractivity contribution in [1.29, 1.82) is 0 Å². The Morgan fingerprint density at radius 3 is 2.89 bits per heavy atom. The van der Waals surface area contributed by atoms with Crippen LogP contribution in [0.1, 0.15) is 31.4 Å². The SMILES string of the molecule is CCNC(=NCc1ccc(OCC)c(F)c1)N1CCC(Cc2cnn(C)c2)C1. The number of benzene rings is 1. The van der Waals surface area contributed by atoms with Gasteiger partial charge in [0.15, 0.2) is 17.5 Å². The summed E-state index contributed by atoms with van der Waals surface area (Å²) in [7, 11) is 1.95. The minimum Gasteiger partial charge on any atom is -0.491 e. The van der Waals surface area contributed by atoms with Crippen molar-refractivity contribution in [2.75, 3.05) is 26.2 Å². The Balaban J connectivity index is 1.62. The van der Waals surface area contributed by atoms with Crippen molar-refractivity contribution in [3.8, 4) is 5.75 Å². The molecule has 1 aliphatic rings. The number of rotatable bonds is 7. The van der Waals surface area contributed by atoms with Crippen LogP contribution >= 0.6 is 0 Å². The Kier molecular flexibility index (Phi) is 6.90. The van der Waals surface area contributed by atoms with Gasteiger partial charge in [-0.25, -0.2) is 9.38 Å². The van der Waals surface area contributed by atoms with Crippen LogP contribution in [0.5, 0.6) is 5.75 Å². The molecule has 0 saturated carbocycles. The highest BCUT2D eigenvalue weighted by molar-refractivity contribution is 5.80. The van der Waals surface area contributed by atoms with Crippen LogP contribution in [0.25, 0.3) is 0 Å². The molecule has 1 saturated heterocycles. The first-order chi connectivity index (χ1) is 13.6. The predicted octanol–water partition coefficient (Wildman–Crippen LogP) is 2.99. The van der Waals surface area contributed by atoms with E-state index < -0.39 is 0 Å². The molecule has 1 aliphatic heterocycles. The maximum atomic E-state index is 14.1. The summed E-state index contributed by atoms with van der Waals surface area (Å²) < 4.78 is 21.2. The molecule has 1 aromatic carbocycles. The zero-order valence-corrected chi connectivity index (χ0v) is 17.0. The van der Waals surface area contributed by atoms with Crippen molar-refractivity contribution in [2.24, 2.45) is 18.0 Å². The normalized spacial score (nSPS) is 17.2. The van der Waals surface area contributed by atoms with E-state index >= 15 is 0 Å². The molecule has 7 heteroatoms. The fourth-order valence-electron chi connectivity index (χ4n) is 3.61. The third-order valence-electron chi connectivity index (χ3n) is 4.91. The number of halogens is 1. The van der Waals surface area contributed by atoms with Gasteiger partial charge in [-0.15, -0.1) is 0 Å². The number of ether oxygens (including phenoxy) is 1. The lowest BCUT2D eigenvalue weighted by Gasteiger charge is -2.21. The molecule has 1 fully saturated rings. The zero-order valence-electron chi connectivity index (χ0n) is 17.0. The second-order valence-corrected chi connectivity index (χ2v) is 7.20. The summed E-state index contributed by atoms with van der Waals surface area (Å²) in [5, 5.41) is 7.63. The smallest absolute Gasteiger partial charge is 0.194 e. The van der Waals surface area contributed by atoms with Crippen molar-refractivity contribution in [3.63, 3.8) is 0 Å². The lowest BCUT2D eigenvalue weighted by atomic mass is 10.0. The Labute approximate surface area is 166 Å². The molecule has 0 aliphatic carbocycles. The largest absolute Gasteiger partial charge is 0.491 e. The minimum atomic E-state index is -0.336. The summed E-state index contributed by atoms with van der Waals surface area (Å²) in [6.45, 7) is 7.56. The van der Waals surface area contributed by atoms with Crippen molar-refractivity contribution in [3.05, 3.63) is 47.5 Å². The summed E-state index contributed by atoms with van der Waals surface area (Å²) in [6, 6.07) is 5.06. The number of likely N-dealkylation sites (tertiary alicyclic amines) is 1. The first kappa shape index (κ1) is 20.2. The van der Waals surface area contributed by atoms with Gasteiger partial charge in [-0.1, -0.05) is 6.07 Å². The van der Waals surface area contributed by atoms with E-state index in [4.69, 9.17) is 9.73 Å². The first-order valence-corrected chi connectivity index (χ1v) is 10.0. The van der Waals surface area contributed by atoms with Gasteiger partial charge in [0.25, 0.3) is 0 Å². The molecule has 1 unspecified atom stereocenters. The number of aliphatic imine (C=N–C) groups is 1. The molecule has 2 aromatic rings. The molecule has 0 amide bonds. The molecule has 3 rings (SSSR count). The van der Waals surface area contributed by atoms with Gasteiger partial charge < -0.3 is 15.0 Å². The van der Waals surface area contributed by atoms with Crippen LogP contribution in [0.15, 0.2) is 35.6 Å². The standard InChI is InChI=1S/C21H30FN5O/c1-4-23-21(24-12-16-6-7-20(28-5-2)19(22)11-16)27-9-8-17(15-27)10-18-13-25-26(3)14-18/h6-7,11,13-14,17H,4-5,8-10,12,15H2,1-3H3,(H,23,24). The summed E-state index contributed by atoms with van der Waals surface area (Å²) in [5.74, 6) is 1.44. The second-order valence-electron chi connectivity index (χ2n) is 7.20. The van der Waals surface area contributed by atoms with E-state index in [-0.39, 0.29) is 5.82 Å². The molecule has 1 N–H and O–H groups in total. The van der Waals surface area contributed by atoms with E-state index in [1.54, 1.807) is 6.07 Å². The van der Waals surface area contributed by atoms with E-state index in [1.165, 1.54) is 11.6 Å². The molecule has 0 bridgehead atoms. The van der Waals surface area contributed by atoms with Crippen LogP contribution in [0.2, 0.25) is 0 Å². The summed E-state index contributed by atoms with van der Waals surface area (Å²) in [5.41, 5.74) is 2.11. The molecule has 28 heavy (non-hydrogen) atoms. The highest BCUT2D eigenvalue weighted by atomic mass is 19.1. The number of aromatic nitrogens is 2. The predicted molar refractivity (Wildman–Crippen MR) is 109 cm³/mol. The highest BCUT2D eigenvalue weighted by Gasteiger charge is 2.25. The van der Waals surface area contributed by atoms with Gasteiger partial charge >= 0.3 is 0 Å². The van der Waals surface area contributed by atoms with E-state index in [1.807, 2.05) is 30.9 Å². The van der Waals surface area contributed by atoms with Gasteiger partial charge in [0, 0.05) is 32.9 Å². The fourth-order valence-corrected chi connectivity index (χ4v) is 3.61. The Bertz CT molecular complexity index is 804. The van der Waals surface area contributed by atoms with Gasteiger partial charge in [0.1, 0.15) is 0 Å². The number of aryl methyl sites for hydroxylation is 1. The maximum Gasteiger partial charge on any atom is 0.194 e. The topological polar surface area (TPSA) is 54.7 Å². The summed E-state index contributed by atoms with van der Waals surface area (Å²) >= 11 is 0. The van der Waals surface area contributed by atoms with Gasteiger partial charge in [-0.2, -0.15) is 5.10 Å². The highest BCUT2D eigenvalue weighted by Crippen LogP contribution is 2.22. The molecule has 152 valence electrons. The lowest BCUT2D eigenvalue weighted by molar-refractivity contribution is 0.321. The quantitative estimate of drug-likeness (QED) is 0.586.